The van der Waals surface area contributed by atoms with Crippen molar-refractivity contribution in [3.63, 3.8) is 0 Å². The number of rotatable bonds is 4. The lowest BCUT2D eigenvalue weighted by Crippen LogP contribution is -2.29. The number of aromatic nitrogens is 2. The number of carbonyl (C=O) groups excluding carboxylic acids is 2. The predicted molar refractivity (Wildman–Crippen MR) is 77.1 cm³/mol. The van der Waals surface area contributed by atoms with Gasteiger partial charge >= 0.3 is 0 Å². The van der Waals surface area contributed by atoms with Crippen molar-refractivity contribution in [1.82, 2.24) is 15.1 Å². The molecule has 1 aromatic carbocycles. The molecule has 6 nitrogen and oxygen atoms in total. The van der Waals surface area contributed by atoms with Crippen molar-refractivity contribution in [3.05, 3.63) is 35.4 Å². The molecule has 1 aliphatic heterocycles. The van der Waals surface area contributed by atoms with Crippen LogP contribution in [0.3, 0.4) is 0 Å². The van der Waals surface area contributed by atoms with Crippen LogP contribution in [0.15, 0.2) is 28.6 Å². The molecule has 0 radical (unpaired) electrons. The van der Waals surface area contributed by atoms with Gasteiger partial charge in [0.25, 0.3) is 11.8 Å². The molecule has 8 heteroatoms. The number of amides is 2. The summed E-state index contributed by atoms with van der Waals surface area (Å²) < 4.78 is 0.714. The number of nitrogens with zero attached hydrogens (tertiary/aromatic N) is 3. The summed E-state index contributed by atoms with van der Waals surface area (Å²) in [6.07, 6.45) is 0. The maximum Gasteiger partial charge on any atom is 0.262 e. The minimum atomic E-state index is -0.253. The normalized spacial score (nSPS) is 13.8. The fourth-order valence-corrected chi connectivity index (χ4v) is 3.48. The first-order chi connectivity index (χ1) is 9.70. The average molecular weight is 306 g/mol. The SMILES string of the molecule is CNc1nnc(SCN2C(=O)c3ccccc3C2=O)s1. The topological polar surface area (TPSA) is 75.2 Å². The quantitative estimate of drug-likeness (QED) is 0.687. The highest BCUT2D eigenvalue weighted by atomic mass is 32.2. The molecule has 0 unspecified atom stereocenters. The van der Waals surface area contributed by atoms with Crippen molar-refractivity contribution in [2.24, 2.45) is 0 Å². The highest BCUT2D eigenvalue weighted by Crippen LogP contribution is 2.29. The van der Waals surface area contributed by atoms with E-state index in [2.05, 4.69) is 15.5 Å². The zero-order valence-electron chi connectivity index (χ0n) is 10.5. The van der Waals surface area contributed by atoms with E-state index in [0.29, 0.717) is 20.6 Å². The van der Waals surface area contributed by atoms with Crippen molar-refractivity contribution < 1.29 is 9.59 Å². The molecule has 0 spiro atoms. The number of imide groups is 1. The molecule has 0 bridgehead atoms. The van der Waals surface area contributed by atoms with Gasteiger partial charge in [0.05, 0.1) is 17.0 Å². The van der Waals surface area contributed by atoms with Crippen LogP contribution in [0.5, 0.6) is 0 Å². The van der Waals surface area contributed by atoms with E-state index in [9.17, 15) is 9.59 Å². The molecule has 0 saturated heterocycles. The first-order valence-corrected chi connectivity index (χ1v) is 7.60. The fourth-order valence-electron chi connectivity index (χ4n) is 1.85. The van der Waals surface area contributed by atoms with Crippen molar-refractivity contribution in [3.8, 4) is 0 Å². The molecule has 3 rings (SSSR count). The van der Waals surface area contributed by atoms with Gasteiger partial charge in [0.1, 0.15) is 0 Å². The lowest BCUT2D eigenvalue weighted by molar-refractivity contribution is 0.0684. The van der Waals surface area contributed by atoms with Gasteiger partial charge in [-0.25, -0.2) is 0 Å². The van der Waals surface area contributed by atoms with E-state index >= 15 is 0 Å². The highest BCUT2D eigenvalue weighted by molar-refractivity contribution is 8.01. The fraction of sp³-hybridized carbons (Fsp3) is 0.167. The summed E-state index contributed by atoms with van der Waals surface area (Å²) in [5.41, 5.74) is 0.928. The minimum absolute atomic E-state index is 0.241. The number of nitrogens with one attached hydrogen (secondary N) is 1. The Hall–Kier alpha value is -1.93. The van der Waals surface area contributed by atoms with E-state index in [0.717, 1.165) is 0 Å². The number of thioether (sulfide) groups is 1. The van der Waals surface area contributed by atoms with Crippen LogP contribution in [0.4, 0.5) is 5.13 Å². The third kappa shape index (κ3) is 2.16. The summed E-state index contributed by atoms with van der Waals surface area (Å²) in [6.45, 7) is 0. The Balaban J connectivity index is 1.73. The van der Waals surface area contributed by atoms with Crippen molar-refractivity contribution in [2.75, 3.05) is 18.2 Å². The number of hydrogen-bond acceptors (Lipinski definition) is 7. The molecule has 2 heterocycles. The van der Waals surface area contributed by atoms with Crippen LogP contribution >= 0.6 is 23.1 Å². The molecule has 1 aliphatic rings. The summed E-state index contributed by atoms with van der Waals surface area (Å²) >= 11 is 2.70. The second-order valence-corrected chi connectivity index (χ2v) is 6.15. The van der Waals surface area contributed by atoms with Crippen molar-refractivity contribution in [2.45, 2.75) is 4.34 Å². The molecule has 102 valence electrons. The Morgan fingerprint density at radius 1 is 1.20 bits per heavy atom. The molecular weight excluding hydrogens is 296 g/mol. The maximum absolute atomic E-state index is 12.1. The summed E-state index contributed by atoms with van der Waals surface area (Å²) in [5, 5.41) is 11.5. The minimum Gasteiger partial charge on any atom is -0.363 e. The Morgan fingerprint density at radius 2 is 1.85 bits per heavy atom. The van der Waals surface area contributed by atoms with Crippen LogP contribution in [0.25, 0.3) is 0 Å². The van der Waals surface area contributed by atoms with Gasteiger partial charge in [-0.05, 0) is 12.1 Å². The van der Waals surface area contributed by atoms with Crippen LogP contribution in [-0.2, 0) is 0 Å². The average Bonchev–Trinajstić information content (AvgIpc) is 3.03. The van der Waals surface area contributed by atoms with Gasteiger partial charge in [-0.1, -0.05) is 35.2 Å². The van der Waals surface area contributed by atoms with Crippen molar-refractivity contribution >= 4 is 40.0 Å². The second kappa shape index (κ2) is 5.22. The van der Waals surface area contributed by atoms with Crippen LogP contribution in [0, 0.1) is 0 Å². The van der Waals surface area contributed by atoms with Gasteiger partial charge in [-0.3, -0.25) is 14.5 Å². The Labute approximate surface area is 123 Å². The van der Waals surface area contributed by atoms with E-state index in [1.54, 1.807) is 31.3 Å². The molecule has 20 heavy (non-hydrogen) atoms. The zero-order chi connectivity index (χ0) is 14.1. The first kappa shape index (κ1) is 13.1. The Bertz CT molecular complexity index is 651. The van der Waals surface area contributed by atoms with Gasteiger partial charge in [-0.15, -0.1) is 10.2 Å². The van der Waals surface area contributed by atoms with Gasteiger partial charge in [0.15, 0.2) is 4.34 Å². The number of hydrogen-bond donors (Lipinski definition) is 1. The van der Waals surface area contributed by atoms with E-state index < -0.39 is 0 Å². The van der Waals surface area contributed by atoms with Crippen LogP contribution in [0.1, 0.15) is 20.7 Å². The number of fused-ring (bicyclic) bond motifs is 1. The number of anilines is 1. The number of benzene rings is 1. The number of carbonyl (C=O) groups is 2. The third-order valence-electron chi connectivity index (χ3n) is 2.82. The second-order valence-electron chi connectivity index (χ2n) is 3.98. The first-order valence-electron chi connectivity index (χ1n) is 5.80. The molecule has 2 aromatic rings. The smallest absolute Gasteiger partial charge is 0.262 e. The largest absolute Gasteiger partial charge is 0.363 e. The zero-order valence-corrected chi connectivity index (χ0v) is 12.1. The molecule has 2 amide bonds. The van der Waals surface area contributed by atoms with Gasteiger partial charge in [0, 0.05) is 7.05 Å². The summed E-state index contributed by atoms with van der Waals surface area (Å²) in [4.78, 5) is 25.5. The van der Waals surface area contributed by atoms with Gasteiger partial charge in [-0.2, -0.15) is 0 Å². The Kier molecular flexibility index (Phi) is 3.41. The third-order valence-corrected chi connectivity index (χ3v) is 4.87. The predicted octanol–water partition coefficient (Wildman–Crippen LogP) is 1.93. The molecule has 1 N–H and O–H groups in total. The molecule has 0 aliphatic carbocycles. The standard InChI is InChI=1S/C12H10N4O2S2/c1-13-11-14-15-12(20-11)19-6-16-9(17)7-4-2-3-5-8(7)10(16)18/h2-5H,6H2,1H3,(H,13,14). The molecular formula is C12H10N4O2S2. The highest BCUT2D eigenvalue weighted by Gasteiger charge is 2.35. The molecule has 0 atom stereocenters. The summed E-state index contributed by atoms with van der Waals surface area (Å²) in [6, 6.07) is 6.85. The van der Waals surface area contributed by atoms with E-state index in [4.69, 9.17) is 0 Å². The van der Waals surface area contributed by atoms with Crippen LogP contribution in [-0.4, -0.2) is 39.8 Å². The lowest BCUT2D eigenvalue weighted by Gasteiger charge is -2.11. The monoisotopic (exact) mass is 306 g/mol. The molecule has 1 aromatic heterocycles. The summed E-state index contributed by atoms with van der Waals surface area (Å²) in [5.74, 6) is -0.266. The summed E-state index contributed by atoms with van der Waals surface area (Å²) in [7, 11) is 1.76. The van der Waals surface area contributed by atoms with Crippen LogP contribution < -0.4 is 5.32 Å². The van der Waals surface area contributed by atoms with E-state index in [-0.39, 0.29) is 17.7 Å². The van der Waals surface area contributed by atoms with E-state index in [1.165, 1.54) is 28.0 Å². The van der Waals surface area contributed by atoms with Crippen molar-refractivity contribution in [1.29, 1.82) is 0 Å². The maximum atomic E-state index is 12.1. The molecule has 0 fully saturated rings. The Morgan fingerprint density at radius 3 is 2.40 bits per heavy atom. The van der Waals surface area contributed by atoms with Crippen LogP contribution in [0.2, 0.25) is 0 Å². The lowest BCUT2D eigenvalue weighted by atomic mass is 10.1. The van der Waals surface area contributed by atoms with Gasteiger partial charge in [0.2, 0.25) is 5.13 Å². The van der Waals surface area contributed by atoms with E-state index in [1.807, 2.05) is 0 Å². The molecule has 0 saturated carbocycles. The van der Waals surface area contributed by atoms with Gasteiger partial charge < -0.3 is 5.32 Å².